The van der Waals surface area contributed by atoms with Crippen molar-refractivity contribution in [1.82, 2.24) is 10.2 Å². The Morgan fingerprint density at radius 2 is 1.79 bits per heavy atom. The molecule has 0 heterocycles. The summed E-state index contributed by atoms with van der Waals surface area (Å²) in [5.74, 6) is 0. The zero-order valence-corrected chi connectivity index (χ0v) is 10.9. The molecule has 0 aromatic carbocycles. The van der Waals surface area contributed by atoms with E-state index in [9.17, 15) is 0 Å². The molecule has 0 amide bonds. The number of nitrogens with zero attached hydrogens (tertiary/aromatic N) is 1. The van der Waals surface area contributed by atoms with Gasteiger partial charge in [-0.1, -0.05) is 27.7 Å². The molecule has 0 fully saturated rings. The van der Waals surface area contributed by atoms with E-state index in [0.717, 1.165) is 13.1 Å². The molecular formula is C12H28N2. The fourth-order valence-electron chi connectivity index (χ4n) is 1.59. The molecule has 0 saturated heterocycles. The third kappa shape index (κ3) is 8.52. The first-order valence-electron chi connectivity index (χ1n) is 5.73. The van der Waals surface area contributed by atoms with Crippen molar-refractivity contribution in [3.63, 3.8) is 0 Å². The van der Waals surface area contributed by atoms with Crippen molar-refractivity contribution in [2.24, 2.45) is 5.41 Å². The van der Waals surface area contributed by atoms with Gasteiger partial charge in [0.05, 0.1) is 0 Å². The number of nitrogens with one attached hydrogen (secondary N) is 1. The first kappa shape index (κ1) is 13.9. The maximum absolute atomic E-state index is 3.54. The molecule has 0 rings (SSSR count). The number of hydrogen-bond donors (Lipinski definition) is 1. The second-order valence-corrected chi connectivity index (χ2v) is 5.62. The second kappa shape index (κ2) is 6.41. The number of likely N-dealkylation sites (N-methyl/N-ethyl adjacent to an activating group) is 2. The van der Waals surface area contributed by atoms with Crippen molar-refractivity contribution in [3.05, 3.63) is 0 Å². The molecule has 2 heteroatoms. The van der Waals surface area contributed by atoms with Crippen molar-refractivity contribution >= 4 is 0 Å². The van der Waals surface area contributed by atoms with E-state index in [-0.39, 0.29) is 0 Å². The van der Waals surface area contributed by atoms with Crippen LogP contribution < -0.4 is 5.32 Å². The van der Waals surface area contributed by atoms with Gasteiger partial charge in [-0.2, -0.15) is 0 Å². The van der Waals surface area contributed by atoms with Gasteiger partial charge < -0.3 is 10.2 Å². The molecular weight excluding hydrogens is 172 g/mol. The Kier molecular flexibility index (Phi) is 6.38. The summed E-state index contributed by atoms with van der Waals surface area (Å²) in [4.78, 5) is 2.26. The zero-order valence-electron chi connectivity index (χ0n) is 10.9. The van der Waals surface area contributed by atoms with E-state index in [1.54, 1.807) is 0 Å². The highest BCUT2D eigenvalue weighted by Crippen LogP contribution is 2.21. The molecule has 0 bridgehead atoms. The Balaban J connectivity index is 3.84. The van der Waals surface area contributed by atoms with Crippen LogP contribution in [0.2, 0.25) is 0 Å². The molecule has 0 saturated carbocycles. The van der Waals surface area contributed by atoms with Gasteiger partial charge in [0, 0.05) is 12.6 Å². The van der Waals surface area contributed by atoms with Crippen LogP contribution in [0.1, 0.15) is 40.5 Å². The van der Waals surface area contributed by atoms with Crippen LogP contribution in [0.3, 0.4) is 0 Å². The normalized spacial score (nSPS) is 14.8. The monoisotopic (exact) mass is 200 g/mol. The van der Waals surface area contributed by atoms with Gasteiger partial charge in [-0.05, 0) is 38.9 Å². The second-order valence-electron chi connectivity index (χ2n) is 5.62. The first-order valence-corrected chi connectivity index (χ1v) is 5.73. The van der Waals surface area contributed by atoms with Gasteiger partial charge >= 0.3 is 0 Å². The highest BCUT2D eigenvalue weighted by molar-refractivity contribution is 4.72. The SMILES string of the molecule is CCNC(CCC(C)(C)C)CN(C)C. The number of hydrogen-bond acceptors (Lipinski definition) is 2. The minimum Gasteiger partial charge on any atom is -0.313 e. The molecule has 0 aliphatic rings. The van der Waals surface area contributed by atoms with E-state index in [0.29, 0.717) is 11.5 Å². The predicted molar refractivity (Wildman–Crippen MR) is 64.7 cm³/mol. The summed E-state index contributed by atoms with van der Waals surface area (Å²) >= 11 is 0. The van der Waals surface area contributed by atoms with E-state index in [2.05, 4.69) is 52.0 Å². The third-order valence-electron chi connectivity index (χ3n) is 2.32. The van der Waals surface area contributed by atoms with Gasteiger partial charge in [0.2, 0.25) is 0 Å². The summed E-state index contributed by atoms with van der Waals surface area (Å²) in [6.45, 7) is 11.3. The molecule has 0 aromatic heterocycles. The van der Waals surface area contributed by atoms with Crippen molar-refractivity contribution in [1.29, 1.82) is 0 Å². The molecule has 0 radical (unpaired) electrons. The molecule has 0 spiro atoms. The minimum atomic E-state index is 0.458. The summed E-state index contributed by atoms with van der Waals surface area (Å²) in [6, 6.07) is 0.647. The van der Waals surface area contributed by atoms with Crippen molar-refractivity contribution in [2.75, 3.05) is 27.2 Å². The van der Waals surface area contributed by atoms with Gasteiger partial charge in [-0.3, -0.25) is 0 Å². The largest absolute Gasteiger partial charge is 0.313 e. The van der Waals surface area contributed by atoms with Crippen LogP contribution in [-0.4, -0.2) is 38.1 Å². The van der Waals surface area contributed by atoms with Gasteiger partial charge in [0.25, 0.3) is 0 Å². The van der Waals surface area contributed by atoms with E-state index in [1.165, 1.54) is 12.8 Å². The predicted octanol–water partition coefficient (Wildman–Crippen LogP) is 2.35. The Morgan fingerprint density at radius 1 is 1.21 bits per heavy atom. The minimum absolute atomic E-state index is 0.458. The maximum Gasteiger partial charge on any atom is 0.0194 e. The van der Waals surface area contributed by atoms with Gasteiger partial charge in [0.1, 0.15) is 0 Å². The van der Waals surface area contributed by atoms with E-state index < -0.39 is 0 Å². The molecule has 1 unspecified atom stereocenters. The molecule has 86 valence electrons. The lowest BCUT2D eigenvalue weighted by Gasteiger charge is -2.25. The van der Waals surface area contributed by atoms with E-state index >= 15 is 0 Å². The first-order chi connectivity index (χ1) is 6.35. The average molecular weight is 200 g/mol. The van der Waals surface area contributed by atoms with Gasteiger partial charge in [-0.25, -0.2) is 0 Å². The smallest absolute Gasteiger partial charge is 0.0194 e. The van der Waals surface area contributed by atoms with Crippen LogP contribution in [0.4, 0.5) is 0 Å². The summed E-state index contributed by atoms with van der Waals surface area (Å²) in [5.41, 5.74) is 0.458. The molecule has 0 aromatic rings. The average Bonchev–Trinajstić information content (AvgIpc) is 1.98. The van der Waals surface area contributed by atoms with Crippen LogP contribution >= 0.6 is 0 Å². The molecule has 14 heavy (non-hydrogen) atoms. The van der Waals surface area contributed by atoms with Crippen LogP contribution in [0.5, 0.6) is 0 Å². The summed E-state index contributed by atoms with van der Waals surface area (Å²) < 4.78 is 0. The fraction of sp³-hybridized carbons (Fsp3) is 1.00. The number of rotatable bonds is 6. The summed E-state index contributed by atoms with van der Waals surface area (Å²) in [6.07, 6.45) is 2.56. The van der Waals surface area contributed by atoms with Crippen LogP contribution in [-0.2, 0) is 0 Å². The molecule has 1 N–H and O–H groups in total. The van der Waals surface area contributed by atoms with Crippen LogP contribution in [0.15, 0.2) is 0 Å². The Morgan fingerprint density at radius 3 is 2.14 bits per heavy atom. The topological polar surface area (TPSA) is 15.3 Å². The highest BCUT2D eigenvalue weighted by Gasteiger charge is 2.14. The highest BCUT2D eigenvalue weighted by atomic mass is 15.1. The Labute approximate surface area is 90.1 Å². The molecule has 0 aliphatic carbocycles. The third-order valence-corrected chi connectivity index (χ3v) is 2.32. The quantitative estimate of drug-likeness (QED) is 0.708. The fourth-order valence-corrected chi connectivity index (χ4v) is 1.59. The zero-order chi connectivity index (χ0) is 11.2. The van der Waals surface area contributed by atoms with Crippen molar-refractivity contribution < 1.29 is 0 Å². The Hall–Kier alpha value is -0.0800. The lowest BCUT2D eigenvalue weighted by atomic mass is 9.88. The van der Waals surface area contributed by atoms with Crippen LogP contribution in [0, 0.1) is 5.41 Å². The lowest BCUT2D eigenvalue weighted by molar-refractivity contribution is 0.285. The van der Waals surface area contributed by atoms with Crippen molar-refractivity contribution in [2.45, 2.75) is 46.6 Å². The van der Waals surface area contributed by atoms with E-state index in [1.807, 2.05) is 0 Å². The van der Waals surface area contributed by atoms with Crippen molar-refractivity contribution in [3.8, 4) is 0 Å². The Bertz CT molecular complexity index is 136. The summed E-state index contributed by atoms with van der Waals surface area (Å²) in [5, 5.41) is 3.54. The van der Waals surface area contributed by atoms with Crippen LogP contribution in [0.25, 0.3) is 0 Å². The summed E-state index contributed by atoms with van der Waals surface area (Å²) in [7, 11) is 4.28. The standard InChI is InChI=1S/C12H28N2/c1-7-13-11(10-14(5)6)8-9-12(2,3)4/h11,13H,7-10H2,1-6H3. The molecule has 1 atom stereocenters. The maximum atomic E-state index is 3.54. The molecule has 2 nitrogen and oxygen atoms in total. The van der Waals surface area contributed by atoms with Gasteiger partial charge in [0.15, 0.2) is 0 Å². The molecule has 0 aliphatic heterocycles. The van der Waals surface area contributed by atoms with Gasteiger partial charge in [-0.15, -0.1) is 0 Å². The lowest BCUT2D eigenvalue weighted by Crippen LogP contribution is -2.38. The van der Waals surface area contributed by atoms with E-state index in [4.69, 9.17) is 0 Å².